The molecule has 0 atom stereocenters. The molecule has 0 aliphatic carbocycles. The van der Waals surface area contributed by atoms with Crippen LogP contribution in [0.2, 0.25) is 5.02 Å². The van der Waals surface area contributed by atoms with Gasteiger partial charge in [0.25, 0.3) is 11.6 Å². The molecule has 1 heterocycles. The molecule has 9 nitrogen and oxygen atoms in total. The fourth-order valence-corrected chi connectivity index (χ4v) is 3.79. The molecular weight excluding hydrogens is 432 g/mol. The highest BCUT2D eigenvalue weighted by Gasteiger charge is 2.21. The van der Waals surface area contributed by atoms with Gasteiger partial charge in [0.2, 0.25) is 10.0 Å². The van der Waals surface area contributed by atoms with Crippen molar-refractivity contribution in [2.75, 3.05) is 5.32 Å². The van der Waals surface area contributed by atoms with E-state index in [1.54, 1.807) is 18.3 Å². The SMILES string of the molecule is O=C(Nc1ccccc1[N+](=O)[O-])c1cc(S(=O)(=O)NCc2cccnc2)ccc1Cl. The number of rotatable bonds is 7. The van der Waals surface area contributed by atoms with Gasteiger partial charge in [-0.25, -0.2) is 13.1 Å². The number of hydrogen-bond acceptors (Lipinski definition) is 6. The number of halogens is 1. The molecule has 0 aliphatic rings. The fourth-order valence-electron chi connectivity index (χ4n) is 2.54. The Labute approximate surface area is 176 Å². The monoisotopic (exact) mass is 446 g/mol. The molecule has 154 valence electrons. The van der Waals surface area contributed by atoms with Crippen LogP contribution in [0.5, 0.6) is 0 Å². The van der Waals surface area contributed by atoms with Gasteiger partial charge in [-0.05, 0) is 35.9 Å². The molecule has 30 heavy (non-hydrogen) atoms. The van der Waals surface area contributed by atoms with Crippen LogP contribution in [-0.2, 0) is 16.6 Å². The van der Waals surface area contributed by atoms with Crippen LogP contribution in [0.1, 0.15) is 15.9 Å². The van der Waals surface area contributed by atoms with Gasteiger partial charge in [-0.15, -0.1) is 0 Å². The molecule has 0 spiro atoms. The lowest BCUT2D eigenvalue weighted by molar-refractivity contribution is -0.383. The first-order valence-electron chi connectivity index (χ1n) is 8.51. The maximum atomic E-state index is 12.6. The van der Waals surface area contributed by atoms with Gasteiger partial charge in [0.15, 0.2) is 0 Å². The maximum absolute atomic E-state index is 12.6. The Kier molecular flexibility index (Phi) is 6.40. The van der Waals surface area contributed by atoms with E-state index in [1.807, 2.05) is 0 Å². The van der Waals surface area contributed by atoms with Crippen LogP contribution in [0.25, 0.3) is 0 Å². The maximum Gasteiger partial charge on any atom is 0.292 e. The Bertz CT molecular complexity index is 1200. The van der Waals surface area contributed by atoms with Gasteiger partial charge in [0.05, 0.1) is 20.4 Å². The summed E-state index contributed by atoms with van der Waals surface area (Å²) in [6.07, 6.45) is 3.09. The van der Waals surface area contributed by atoms with Gasteiger partial charge in [-0.3, -0.25) is 19.9 Å². The van der Waals surface area contributed by atoms with Crippen molar-refractivity contribution >= 4 is 38.9 Å². The Balaban J connectivity index is 1.84. The normalized spacial score (nSPS) is 11.1. The van der Waals surface area contributed by atoms with E-state index < -0.39 is 20.9 Å². The molecule has 0 aliphatic heterocycles. The zero-order valence-electron chi connectivity index (χ0n) is 15.3. The minimum absolute atomic E-state index is 0.00251. The van der Waals surface area contributed by atoms with E-state index in [9.17, 15) is 23.3 Å². The van der Waals surface area contributed by atoms with E-state index in [0.29, 0.717) is 5.56 Å². The number of nitrogens with one attached hydrogen (secondary N) is 2. The first-order chi connectivity index (χ1) is 14.3. The Hall–Kier alpha value is -3.34. The van der Waals surface area contributed by atoms with Gasteiger partial charge >= 0.3 is 0 Å². The van der Waals surface area contributed by atoms with Crippen molar-refractivity contribution < 1.29 is 18.1 Å². The summed E-state index contributed by atoms with van der Waals surface area (Å²) in [5.41, 5.74) is 0.180. The number of benzene rings is 2. The molecule has 0 bridgehead atoms. The number of aromatic nitrogens is 1. The standard InChI is InChI=1S/C19H15ClN4O5S/c20-16-8-7-14(30(28,29)22-12-13-4-3-9-21-11-13)10-15(16)19(25)23-17-5-1-2-6-18(17)24(26)27/h1-11,22H,12H2,(H,23,25). The predicted octanol–water partition coefficient (Wildman–Crippen LogP) is 3.37. The third-order valence-corrected chi connectivity index (χ3v) is 5.76. The van der Waals surface area contributed by atoms with Crippen molar-refractivity contribution in [1.29, 1.82) is 0 Å². The lowest BCUT2D eigenvalue weighted by Crippen LogP contribution is -2.24. The number of anilines is 1. The van der Waals surface area contributed by atoms with Crippen LogP contribution >= 0.6 is 11.6 Å². The largest absolute Gasteiger partial charge is 0.316 e. The van der Waals surface area contributed by atoms with Crippen molar-refractivity contribution in [2.24, 2.45) is 0 Å². The fraction of sp³-hybridized carbons (Fsp3) is 0.0526. The number of carbonyl (C=O) groups is 1. The van der Waals surface area contributed by atoms with Gasteiger partial charge in [-0.1, -0.05) is 29.8 Å². The van der Waals surface area contributed by atoms with E-state index in [0.717, 1.165) is 6.07 Å². The number of para-hydroxylation sites is 2. The average molecular weight is 447 g/mol. The van der Waals surface area contributed by atoms with Crippen molar-refractivity contribution in [3.8, 4) is 0 Å². The van der Waals surface area contributed by atoms with E-state index in [1.165, 1.54) is 42.6 Å². The molecule has 2 N–H and O–H groups in total. The molecule has 1 aromatic heterocycles. The summed E-state index contributed by atoms with van der Waals surface area (Å²) in [4.78, 5) is 26.8. The summed E-state index contributed by atoms with van der Waals surface area (Å²) in [6.45, 7) is 0.0105. The van der Waals surface area contributed by atoms with Crippen LogP contribution in [0.4, 0.5) is 11.4 Å². The van der Waals surface area contributed by atoms with Crippen LogP contribution in [0.15, 0.2) is 71.9 Å². The Morgan fingerprint density at radius 2 is 1.90 bits per heavy atom. The summed E-state index contributed by atoms with van der Waals surface area (Å²) in [5.74, 6) is -0.779. The van der Waals surface area contributed by atoms with Gasteiger partial charge < -0.3 is 5.32 Å². The number of hydrogen-bond donors (Lipinski definition) is 2. The summed E-state index contributed by atoms with van der Waals surface area (Å²) < 4.78 is 27.6. The number of sulfonamides is 1. The van der Waals surface area contributed by atoms with Crippen LogP contribution in [0, 0.1) is 10.1 Å². The van der Waals surface area contributed by atoms with Gasteiger partial charge in [-0.2, -0.15) is 0 Å². The number of nitro benzene ring substituents is 1. The second kappa shape index (κ2) is 8.99. The average Bonchev–Trinajstić information content (AvgIpc) is 2.73. The lowest BCUT2D eigenvalue weighted by atomic mass is 10.2. The third-order valence-electron chi connectivity index (χ3n) is 4.03. The quantitative estimate of drug-likeness (QED) is 0.422. The zero-order valence-corrected chi connectivity index (χ0v) is 16.9. The minimum atomic E-state index is -3.95. The molecule has 0 radical (unpaired) electrons. The van der Waals surface area contributed by atoms with Crippen LogP contribution < -0.4 is 10.0 Å². The van der Waals surface area contributed by atoms with Crippen molar-refractivity contribution in [3.05, 3.63) is 93.3 Å². The second-order valence-corrected chi connectivity index (χ2v) is 8.23. The molecule has 0 saturated heterocycles. The summed E-state index contributed by atoms with van der Waals surface area (Å²) in [7, 11) is -3.95. The molecule has 3 rings (SSSR count). The first kappa shape index (κ1) is 21.4. The summed E-state index contributed by atoms with van der Waals surface area (Å²) in [5, 5.41) is 13.5. The van der Waals surface area contributed by atoms with Crippen molar-refractivity contribution in [1.82, 2.24) is 9.71 Å². The molecule has 0 unspecified atom stereocenters. The van der Waals surface area contributed by atoms with E-state index >= 15 is 0 Å². The Morgan fingerprint density at radius 1 is 1.13 bits per heavy atom. The molecule has 2 aromatic carbocycles. The van der Waals surface area contributed by atoms with Crippen molar-refractivity contribution in [3.63, 3.8) is 0 Å². The highest BCUT2D eigenvalue weighted by molar-refractivity contribution is 7.89. The van der Waals surface area contributed by atoms with E-state index in [2.05, 4.69) is 15.0 Å². The summed E-state index contributed by atoms with van der Waals surface area (Å²) in [6, 6.07) is 12.6. The number of nitro groups is 1. The topological polar surface area (TPSA) is 131 Å². The molecule has 3 aromatic rings. The highest BCUT2D eigenvalue weighted by Crippen LogP contribution is 2.26. The second-order valence-electron chi connectivity index (χ2n) is 6.06. The van der Waals surface area contributed by atoms with Crippen molar-refractivity contribution in [2.45, 2.75) is 11.4 Å². The third kappa shape index (κ3) is 4.98. The van der Waals surface area contributed by atoms with Gasteiger partial charge in [0.1, 0.15) is 5.69 Å². The molecular formula is C19H15ClN4O5S. The number of carbonyl (C=O) groups excluding carboxylic acids is 1. The zero-order chi connectivity index (χ0) is 21.7. The lowest BCUT2D eigenvalue weighted by Gasteiger charge is -2.11. The summed E-state index contributed by atoms with van der Waals surface area (Å²) >= 11 is 6.06. The molecule has 1 amide bonds. The molecule has 0 saturated carbocycles. The smallest absolute Gasteiger partial charge is 0.292 e. The van der Waals surface area contributed by atoms with E-state index in [-0.39, 0.29) is 33.4 Å². The Morgan fingerprint density at radius 3 is 2.60 bits per heavy atom. The molecule has 0 fully saturated rings. The first-order valence-corrected chi connectivity index (χ1v) is 10.4. The number of nitrogens with zero attached hydrogens (tertiary/aromatic N) is 2. The number of pyridine rings is 1. The number of amides is 1. The van der Waals surface area contributed by atoms with Crippen LogP contribution in [0.3, 0.4) is 0 Å². The van der Waals surface area contributed by atoms with E-state index in [4.69, 9.17) is 11.6 Å². The van der Waals surface area contributed by atoms with Crippen LogP contribution in [-0.4, -0.2) is 24.2 Å². The highest BCUT2D eigenvalue weighted by atomic mass is 35.5. The minimum Gasteiger partial charge on any atom is -0.316 e. The molecule has 11 heteroatoms. The predicted molar refractivity (Wildman–Crippen MR) is 111 cm³/mol. The van der Waals surface area contributed by atoms with Gasteiger partial charge in [0, 0.05) is 25.0 Å².